The normalized spacial score (nSPS) is 8.68. The van der Waals surface area contributed by atoms with E-state index in [4.69, 9.17) is 0 Å². The predicted octanol–water partition coefficient (Wildman–Crippen LogP) is 5.11. The summed E-state index contributed by atoms with van der Waals surface area (Å²) in [6.07, 6.45) is 3.50. The first-order valence-corrected chi connectivity index (χ1v) is 7.34. The molecule has 0 aliphatic rings. The van der Waals surface area contributed by atoms with E-state index in [2.05, 4.69) is 48.4 Å². The van der Waals surface area contributed by atoms with E-state index in [-0.39, 0.29) is 0 Å². The SMILES string of the molecule is CNc1ccccc1.Cc1ccccc1C.c1ccncc1. The smallest absolute Gasteiger partial charge is 0.0337 e. The molecule has 0 bridgehead atoms. The number of aryl methyl sites for hydroxylation is 2. The van der Waals surface area contributed by atoms with Gasteiger partial charge >= 0.3 is 0 Å². The Morgan fingerprint density at radius 2 is 1.09 bits per heavy atom. The monoisotopic (exact) mass is 292 g/mol. The Bertz CT molecular complexity index is 559. The van der Waals surface area contributed by atoms with Crippen molar-refractivity contribution in [2.24, 2.45) is 0 Å². The van der Waals surface area contributed by atoms with Gasteiger partial charge in [-0.15, -0.1) is 0 Å². The maximum absolute atomic E-state index is 3.78. The van der Waals surface area contributed by atoms with E-state index in [1.807, 2.05) is 55.6 Å². The number of para-hydroxylation sites is 1. The lowest BCUT2D eigenvalue weighted by Crippen LogP contribution is -1.84. The summed E-state index contributed by atoms with van der Waals surface area (Å²) in [6, 6.07) is 24.1. The summed E-state index contributed by atoms with van der Waals surface area (Å²) >= 11 is 0. The van der Waals surface area contributed by atoms with Gasteiger partial charge < -0.3 is 5.32 Å². The van der Waals surface area contributed by atoms with Crippen LogP contribution in [0.4, 0.5) is 5.69 Å². The molecule has 0 saturated heterocycles. The van der Waals surface area contributed by atoms with Crippen molar-refractivity contribution in [3.63, 3.8) is 0 Å². The molecule has 1 N–H and O–H groups in total. The highest BCUT2D eigenvalue weighted by Gasteiger charge is 1.83. The molecule has 0 saturated carbocycles. The van der Waals surface area contributed by atoms with Crippen LogP contribution >= 0.6 is 0 Å². The van der Waals surface area contributed by atoms with E-state index in [0.29, 0.717) is 0 Å². The highest BCUT2D eigenvalue weighted by Crippen LogP contribution is 2.02. The molecule has 0 aliphatic heterocycles. The van der Waals surface area contributed by atoms with Crippen molar-refractivity contribution in [1.82, 2.24) is 4.98 Å². The lowest BCUT2D eigenvalue weighted by atomic mass is 10.1. The molecule has 0 spiro atoms. The average molecular weight is 292 g/mol. The predicted molar refractivity (Wildman–Crippen MR) is 96.1 cm³/mol. The Morgan fingerprint density at radius 3 is 1.36 bits per heavy atom. The van der Waals surface area contributed by atoms with Crippen LogP contribution in [0.15, 0.2) is 85.2 Å². The van der Waals surface area contributed by atoms with E-state index in [1.165, 1.54) is 11.1 Å². The molecule has 0 amide bonds. The maximum Gasteiger partial charge on any atom is 0.0337 e. The Morgan fingerprint density at radius 1 is 0.636 bits per heavy atom. The number of hydrogen-bond donors (Lipinski definition) is 1. The number of rotatable bonds is 1. The van der Waals surface area contributed by atoms with Gasteiger partial charge in [0.1, 0.15) is 0 Å². The number of aromatic nitrogens is 1. The summed E-state index contributed by atoms with van der Waals surface area (Å²) in [7, 11) is 1.91. The van der Waals surface area contributed by atoms with Gasteiger partial charge in [0.15, 0.2) is 0 Å². The fraction of sp³-hybridized carbons (Fsp3) is 0.150. The van der Waals surface area contributed by atoms with Gasteiger partial charge in [-0.25, -0.2) is 0 Å². The zero-order valence-corrected chi connectivity index (χ0v) is 13.5. The third-order valence-electron chi connectivity index (χ3n) is 3.05. The Labute approximate surface area is 133 Å². The average Bonchev–Trinajstić information content (AvgIpc) is 2.61. The quantitative estimate of drug-likeness (QED) is 0.674. The molecule has 1 aromatic heterocycles. The van der Waals surface area contributed by atoms with Crippen LogP contribution in [0.3, 0.4) is 0 Å². The van der Waals surface area contributed by atoms with E-state index >= 15 is 0 Å². The first kappa shape index (κ1) is 17.4. The summed E-state index contributed by atoms with van der Waals surface area (Å²) in [5.74, 6) is 0. The van der Waals surface area contributed by atoms with Crippen molar-refractivity contribution in [1.29, 1.82) is 0 Å². The van der Waals surface area contributed by atoms with Gasteiger partial charge in [0.25, 0.3) is 0 Å². The van der Waals surface area contributed by atoms with E-state index < -0.39 is 0 Å². The largest absolute Gasteiger partial charge is 0.388 e. The number of anilines is 1. The fourth-order valence-corrected chi connectivity index (χ4v) is 1.58. The minimum absolute atomic E-state index is 1.16. The summed E-state index contributed by atoms with van der Waals surface area (Å²) < 4.78 is 0. The molecule has 2 aromatic carbocycles. The van der Waals surface area contributed by atoms with E-state index in [1.54, 1.807) is 12.4 Å². The van der Waals surface area contributed by atoms with Gasteiger partial charge in [0, 0.05) is 25.1 Å². The molecule has 2 nitrogen and oxygen atoms in total. The van der Waals surface area contributed by atoms with Crippen LogP contribution < -0.4 is 5.32 Å². The van der Waals surface area contributed by atoms with E-state index in [0.717, 1.165) is 5.69 Å². The molecule has 2 heteroatoms. The fourth-order valence-electron chi connectivity index (χ4n) is 1.58. The van der Waals surface area contributed by atoms with Crippen LogP contribution in [-0.4, -0.2) is 12.0 Å². The second-order valence-corrected chi connectivity index (χ2v) is 4.72. The van der Waals surface area contributed by atoms with Crippen molar-refractivity contribution >= 4 is 5.69 Å². The van der Waals surface area contributed by atoms with Gasteiger partial charge in [-0.3, -0.25) is 4.98 Å². The Balaban J connectivity index is 0.000000167. The van der Waals surface area contributed by atoms with Crippen molar-refractivity contribution in [3.8, 4) is 0 Å². The number of benzene rings is 2. The molecule has 0 radical (unpaired) electrons. The van der Waals surface area contributed by atoms with Gasteiger partial charge in [-0.2, -0.15) is 0 Å². The van der Waals surface area contributed by atoms with Crippen molar-refractivity contribution < 1.29 is 0 Å². The second kappa shape index (κ2) is 11.1. The van der Waals surface area contributed by atoms with Gasteiger partial charge in [0.05, 0.1) is 0 Å². The lowest BCUT2D eigenvalue weighted by molar-refractivity contribution is 1.33. The first-order valence-electron chi connectivity index (χ1n) is 7.34. The number of nitrogens with zero attached hydrogens (tertiary/aromatic N) is 1. The molecule has 0 unspecified atom stereocenters. The highest BCUT2D eigenvalue weighted by atomic mass is 14.8. The summed E-state index contributed by atoms with van der Waals surface area (Å²) in [4.78, 5) is 3.78. The van der Waals surface area contributed by atoms with Crippen molar-refractivity contribution in [2.75, 3.05) is 12.4 Å². The summed E-state index contributed by atoms with van der Waals surface area (Å²) in [5, 5.41) is 3.03. The standard InChI is InChI=1S/C8H10.C7H9N.C5H5N/c1-7-5-3-4-6-8(7)2;1-8-7-5-3-2-4-6-7;1-2-4-6-5-3-1/h3-6H,1-2H3;2-6,8H,1H3;1-5H. The highest BCUT2D eigenvalue weighted by molar-refractivity contribution is 5.41. The molecule has 0 aliphatic carbocycles. The van der Waals surface area contributed by atoms with Crippen molar-refractivity contribution in [2.45, 2.75) is 13.8 Å². The van der Waals surface area contributed by atoms with Crippen LogP contribution in [0.5, 0.6) is 0 Å². The van der Waals surface area contributed by atoms with Crippen LogP contribution in [0.25, 0.3) is 0 Å². The van der Waals surface area contributed by atoms with Crippen LogP contribution in [-0.2, 0) is 0 Å². The number of pyridine rings is 1. The molecule has 0 fully saturated rings. The van der Waals surface area contributed by atoms with Crippen LogP contribution in [0, 0.1) is 13.8 Å². The molecular formula is C20H24N2. The van der Waals surface area contributed by atoms with E-state index in [9.17, 15) is 0 Å². The zero-order valence-electron chi connectivity index (χ0n) is 13.5. The van der Waals surface area contributed by atoms with Gasteiger partial charge in [-0.05, 0) is 49.2 Å². The maximum atomic E-state index is 3.78. The Kier molecular flexibility index (Phi) is 8.79. The third-order valence-corrected chi connectivity index (χ3v) is 3.05. The van der Waals surface area contributed by atoms with Crippen LogP contribution in [0.1, 0.15) is 11.1 Å². The number of nitrogens with one attached hydrogen (secondary N) is 1. The zero-order chi connectivity index (χ0) is 16.0. The van der Waals surface area contributed by atoms with Gasteiger partial charge in [0.2, 0.25) is 0 Å². The molecule has 114 valence electrons. The summed E-state index contributed by atoms with van der Waals surface area (Å²) in [6.45, 7) is 4.24. The lowest BCUT2D eigenvalue weighted by Gasteiger charge is -1.94. The molecule has 3 rings (SSSR count). The molecule has 1 heterocycles. The molecule has 22 heavy (non-hydrogen) atoms. The minimum Gasteiger partial charge on any atom is -0.388 e. The first-order chi connectivity index (χ1) is 10.7. The molecule has 0 atom stereocenters. The molecule has 3 aromatic rings. The third kappa shape index (κ3) is 7.85. The molecular weight excluding hydrogens is 268 g/mol. The van der Waals surface area contributed by atoms with Crippen molar-refractivity contribution in [3.05, 3.63) is 96.3 Å². The summed E-state index contributed by atoms with van der Waals surface area (Å²) in [5.41, 5.74) is 3.90. The minimum atomic E-state index is 1.16. The number of hydrogen-bond acceptors (Lipinski definition) is 2. The second-order valence-electron chi connectivity index (χ2n) is 4.72. The van der Waals surface area contributed by atoms with Gasteiger partial charge in [-0.1, -0.05) is 48.5 Å². The Hall–Kier alpha value is -2.61. The topological polar surface area (TPSA) is 24.9 Å². The van der Waals surface area contributed by atoms with Crippen LogP contribution in [0.2, 0.25) is 0 Å².